The van der Waals surface area contributed by atoms with E-state index in [1.54, 1.807) is 53.4 Å². The van der Waals surface area contributed by atoms with Crippen molar-refractivity contribution in [1.29, 1.82) is 0 Å². The number of benzene rings is 2. The van der Waals surface area contributed by atoms with Crippen LogP contribution >= 0.6 is 11.6 Å². The quantitative estimate of drug-likeness (QED) is 0.622. The zero-order valence-electron chi connectivity index (χ0n) is 16.7. The predicted octanol–water partition coefficient (Wildman–Crippen LogP) is 5.03. The average molecular weight is 438 g/mol. The SMILES string of the molecule is O=C(Nc1cccc(-c2ccccc2F)c1)C1CCN(C(=O)c2cc(Cl)ccn2)CC1. The number of nitrogens with zero attached hydrogens (tertiary/aromatic N) is 2. The summed E-state index contributed by atoms with van der Waals surface area (Å²) in [7, 11) is 0. The molecule has 1 saturated heterocycles. The Morgan fingerprint density at radius 3 is 2.55 bits per heavy atom. The van der Waals surface area contributed by atoms with Gasteiger partial charge in [-0.15, -0.1) is 0 Å². The van der Waals surface area contributed by atoms with Gasteiger partial charge in [-0.25, -0.2) is 4.39 Å². The standard InChI is InChI=1S/C24H21ClFN3O2/c25-18-8-11-27-22(15-18)24(31)29-12-9-16(10-13-29)23(30)28-19-5-3-4-17(14-19)20-6-1-2-7-21(20)26/h1-8,11,14-16H,9-10,12-13H2,(H,28,30). The van der Waals surface area contributed by atoms with Crippen LogP contribution in [0.3, 0.4) is 0 Å². The average Bonchev–Trinajstić information content (AvgIpc) is 2.79. The van der Waals surface area contributed by atoms with Crippen LogP contribution in [0.2, 0.25) is 5.02 Å². The van der Waals surface area contributed by atoms with Crippen LogP contribution in [-0.2, 0) is 4.79 Å². The molecular weight excluding hydrogens is 417 g/mol. The second kappa shape index (κ2) is 9.27. The van der Waals surface area contributed by atoms with Crippen LogP contribution in [0, 0.1) is 11.7 Å². The van der Waals surface area contributed by atoms with Crippen LogP contribution in [0.1, 0.15) is 23.3 Å². The molecule has 0 saturated carbocycles. The highest BCUT2D eigenvalue weighted by molar-refractivity contribution is 6.30. The summed E-state index contributed by atoms with van der Waals surface area (Å²) in [5.74, 6) is -0.789. The summed E-state index contributed by atoms with van der Waals surface area (Å²) < 4.78 is 14.1. The summed E-state index contributed by atoms with van der Waals surface area (Å²) in [5, 5.41) is 3.39. The second-order valence-electron chi connectivity index (χ2n) is 7.48. The van der Waals surface area contributed by atoms with Crippen molar-refractivity contribution in [3.8, 4) is 11.1 Å². The van der Waals surface area contributed by atoms with E-state index in [0.29, 0.717) is 53.5 Å². The third-order valence-electron chi connectivity index (χ3n) is 5.41. The Kier molecular flexibility index (Phi) is 6.28. The monoisotopic (exact) mass is 437 g/mol. The van der Waals surface area contributed by atoms with E-state index < -0.39 is 0 Å². The van der Waals surface area contributed by atoms with E-state index in [0.717, 1.165) is 0 Å². The molecule has 1 aromatic heterocycles. The molecule has 0 unspecified atom stereocenters. The lowest BCUT2D eigenvalue weighted by molar-refractivity contribution is -0.121. The van der Waals surface area contributed by atoms with E-state index in [2.05, 4.69) is 10.3 Å². The number of amides is 2. The Hall–Kier alpha value is -3.25. The van der Waals surface area contributed by atoms with Gasteiger partial charge in [-0.05, 0) is 48.7 Å². The van der Waals surface area contributed by atoms with E-state index in [1.165, 1.54) is 12.3 Å². The largest absolute Gasteiger partial charge is 0.337 e. The lowest BCUT2D eigenvalue weighted by Crippen LogP contribution is -2.41. The molecule has 158 valence electrons. The molecule has 2 amide bonds. The molecule has 5 nitrogen and oxygen atoms in total. The van der Waals surface area contributed by atoms with E-state index in [-0.39, 0.29) is 23.5 Å². The molecule has 31 heavy (non-hydrogen) atoms. The third kappa shape index (κ3) is 4.91. The molecule has 0 atom stereocenters. The summed E-state index contributed by atoms with van der Waals surface area (Å²) >= 11 is 5.94. The maximum atomic E-state index is 14.1. The smallest absolute Gasteiger partial charge is 0.272 e. The van der Waals surface area contributed by atoms with Crippen LogP contribution in [0.4, 0.5) is 10.1 Å². The van der Waals surface area contributed by atoms with Crippen molar-refractivity contribution in [3.05, 3.63) is 83.4 Å². The molecule has 0 bridgehead atoms. The number of piperidine rings is 1. The minimum atomic E-state index is -0.308. The van der Waals surface area contributed by atoms with Crippen LogP contribution in [0.25, 0.3) is 11.1 Å². The van der Waals surface area contributed by atoms with Crippen molar-refractivity contribution in [2.45, 2.75) is 12.8 Å². The molecule has 1 N–H and O–H groups in total. The summed E-state index contributed by atoms with van der Waals surface area (Å²) in [6, 6.07) is 16.8. The predicted molar refractivity (Wildman–Crippen MR) is 118 cm³/mol. The van der Waals surface area contributed by atoms with Gasteiger partial charge in [0.15, 0.2) is 0 Å². The second-order valence-corrected chi connectivity index (χ2v) is 7.91. The number of anilines is 1. The summed E-state index contributed by atoms with van der Waals surface area (Å²) in [4.78, 5) is 31.1. The molecular formula is C24H21ClFN3O2. The van der Waals surface area contributed by atoms with Crippen LogP contribution < -0.4 is 5.32 Å². The number of carbonyl (C=O) groups is 2. The first-order valence-corrected chi connectivity index (χ1v) is 10.5. The maximum absolute atomic E-state index is 14.1. The first kappa shape index (κ1) is 21.0. The fourth-order valence-corrected chi connectivity index (χ4v) is 3.89. The minimum Gasteiger partial charge on any atom is -0.337 e. The fourth-order valence-electron chi connectivity index (χ4n) is 3.73. The molecule has 1 fully saturated rings. The molecule has 2 aromatic carbocycles. The molecule has 7 heteroatoms. The lowest BCUT2D eigenvalue weighted by Gasteiger charge is -2.31. The zero-order chi connectivity index (χ0) is 21.8. The van der Waals surface area contributed by atoms with E-state index in [4.69, 9.17) is 11.6 Å². The molecule has 2 heterocycles. The third-order valence-corrected chi connectivity index (χ3v) is 5.64. The van der Waals surface area contributed by atoms with E-state index in [9.17, 15) is 14.0 Å². The number of hydrogen-bond acceptors (Lipinski definition) is 3. The van der Waals surface area contributed by atoms with Crippen molar-refractivity contribution in [3.63, 3.8) is 0 Å². The van der Waals surface area contributed by atoms with Gasteiger partial charge in [-0.1, -0.05) is 41.9 Å². The Morgan fingerprint density at radius 1 is 1.03 bits per heavy atom. The van der Waals surface area contributed by atoms with Crippen molar-refractivity contribution in [1.82, 2.24) is 9.88 Å². The van der Waals surface area contributed by atoms with E-state index >= 15 is 0 Å². The van der Waals surface area contributed by atoms with Crippen LogP contribution in [-0.4, -0.2) is 34.8 Å². The highest BCUT2D eigenvalue weighted by Crippen LogP contribution is 2.26. The van der Waals surface area contributed by atoms with Gasteiger partial charge in [0, 0.05) is 41.5 Å². The molecule has 4 rings (SSSR count). The molecule has 0 radical (unpaired) electrons. The number of carbonyl (C=O) groups excluding carboxylic acids is 2. The maximum Gasteiger partial charge on any atom is 0.272 e. The van der Waals surface area contributed by atoms with Gasteiger partial charge in [-0.3, -0.25) is 14.6 Å². The number of pyridine rings is 1. The van der Waals surface area contributed by atoms with Gasteiger partial charge in [0.2, 0.25) is 5.91 Å². The van der Waals surface area contributed by atoms with Crippen molar-refractivity contribution in [2.24, 2.45) is 5.92 Å². The summed E-state index contributed by atoms with van der Waals surface area (Å²) in [6.45, 7) is 0.945. The number of hydrogen-bond donors (Lipinski definition) is 1. The van der Waals surface area contributed by atoms with Gasteiger partial charge in [0.05, 0.1) is 0 Å². The molecule has 0 aliphatic carbocycles. The highest BCUT2D eigenvalue weighted by atomic mass is 35.5. The summed E-state index contributed by atoms with van der Waals surface area (Å²) in [6.07, 6.45) is 2.63. The normalized spacial score (nSPS) is 14.3. The van der Waals surface area contributed by atoms with E-state index in [1.807, 2.05) is 6.07 Å². The van der Waals surface area contributed by atoms with Gasteiger partial charge < -0.3 is 10.2 Å². The lowest BCUT2D eigenvalue weighted by atomic mass is 9.95. The number of halogens is 2. The molecule has 0 spiro atoms. The van der Waals surface area contributed by atoms with Crippen molar-refractivity contribution in [2.75, 3.05) is 18.4 Å². The molecule has 3 aromatic rings. The minimum absolute atomic E-state index is 0.0985. The number of aromatic nitrogens is 1. The molecule has 1 aliphatic rings. The Bertz CT molecular complexity index is 1110. The number of likely N-dealkylation sites (tertiary alicyclic amines) is 1. The highest BCUT2D eigenvalue weighted by Gasteiger charge is 2.28. The fraction of sp³-hybridized carbons (Fsp3) is 0.208. The van der Waals surface area contributed by atoms with Crippen molar-refractivity contribution < 1.29 is 14.0 Å². The van der Waals surface area contributed by atoms with Crippen molar-refractivity contribution >= 4 is 29.1 Å². The molecule has 1 aliphatic heterocycles. The topological polar surface area (TPSA) is 62.3 Å². The Morgan fingerprint density at radius 2 is 1.81 bits per heavy atom. The number of nitrogens with one attached hydrogen (secondary N) is 1. The van der Waals surface area contributed by atoms with Gasteiger partial charge >= 0.3 is 0 Å². The van der Waals surface area contributed by atoms with Gasteiger partial charge in [-0.2, -0.15) is 0 Å². The van der Waals surface area contributed by atoms with Crippen LogP contribution in [0.15, 0.2) is 66.9 Å². The first-order chi connectivity index (χ1) is 15.0. The zero-order valence-corrected chi connectivity index (χ0v) is 17.5. The first-order valence-electron chi connectivity index (χ1n) is 10.1. The Labute approximate surface area is 184 Å². The summed E-state index contributed by atoms with van der Waals surface area (Å²) in [5.41, 5.74) is 2.11. The van der Waals surface area contributed by atoms with Gasteiger partial charge in [0.1, 0.15) is 11.5 Å². The van der Waals surface area contributed by atoms with Gasteiger partial charge in [0.25, 0.3) is 5.91 Å². The van der Waals surface area contributed by atoms with Crippen LogP contribution in [0.5, 0.6) is 0 Å². The Balaban J connectivity index is 1.37. The number of rotatable bonds is 4.